The fourth-order valence-electron chi connectivity index (χ4n) is 4.76. The number of nitrogens with one attached hydrogen (secondary N) is 3. The first kappa shape index (κ1) is 24.8. The molecule has 6 rings (SSSR count). The summed E-state index contributed by atoms with van der Waals surface area (Å²) in [5, 5.41) is 22.0. The first-order chi connectivity index (χ1) is 18.4. The number of aryl methyl sites for hydroxylation is 2. The maximum Gasteiger partial charge on any atom is 0.388 e. The van der Waals surface area contributed by atoms with Crippen molar-refractivity contribution in [1.82, 2.24) is 29.9 Å². The van der Waals surface area contributed by atoms with Crippen LogP contribution in [0.3, 0.4) is 0 Å². The summed E-state index contributed by atoms with van der Waals surface area (Å²) in [4.78, 5) is 27.0. The number of rotatable bonds is 10. The van der Waals surface area contributed by atoms with Gasteiger partial charge in [0.2, 0.25) is 17.7 Å². The van der Waals surface area contributed by atoms with E-state index in [1.165, 1.54) is 22.1 Å². The fourth-order valence-corrected chi connectivity index (χ4v) is 6.00. The molecule has 3 aromatic heterocycles. The molecule has 11 nitrogen and oxygen atoms in total. The molecule has 38 heavy (non-hydrogen) atoms. The molecule has 1 atom stereocenters. The minimum Gasteiger partial charge on any atom is -0.415 e. The van der Waals surface area contributed by atoms with Gasteiger partial charge in [0.15, 0.2) is 0 Å². The minimum atomic E-state index is -2.97. The van der Waals surface area contributed by atoms with Crippen molar-refractivity contribution < 1.29 is 24.5 Å². The molecule has 0 saturated heterocycles. The maximum absolute atomic E-state index is 13.3. The summed E-state index contributed by atoms with van der Waals surface area (Å²) in [6, 6.07) is 1.31. The van der Waals surface area contributed by atoms with E-state index in [2.05, 4.69) is 36.0 Å². The number of anilines is 3. The number of aromatic nitrogens is 5. The highest BCUT2D eigenvalue weighted by Gasteiger charge is 2.35. The van der Waals surface area contributed by atoms with E-state index in [9.17, 15) is 18.4 Å². The quantitative estimate of drug-likeness (QED) is 0.351. The lowest BCUT2D eigenvalue weighted by Gasteiger charge is -2.25. The molecule has 3 heterocycles. The van der Waals surface area contributed by atoms with Crippen LogP contribution in [0.1, 0.15) is 60.4 Å². The highest BCUT2D eigenvalue weighted by molar-refractivity contribution is 7.17. The summed E-state index contributed by atoms with van der Waals surface area (Å²) in [6.07, 6.45) is 7.73. The molecule has 0 spiro atoms. The van der Waals surface area contributed by atoms with Crippen molar-refractivity contribution in [2.45, 2.75) is 57.6 Å². The summed E-state index contributed by atoms with van der Waals surface area (Å²) in [7, 11) is 1.60. The second-order valence-electron chi connectivity index (χ2n) is 10.1. The summed E-state index contributed by atoms with van der Waals surface area (Å²) < 4.78 is 32.8. The van der Waals surface area contributed by atoms with Crippen LogP contribution in [-0.4, -0.2) is 49.5 Å². The Kier molecular flexibility index (Phi) is 6.50. The number of nitrogens with zero attached hydrogens (tertiary/aromatic N) is 5. The number of halogens is 2. The second-order valence-corrected chi connectivity index (χ2v) is 11.2. The SMILES string of the molecule is Cn1nc(OC(F)F)cc1Nc1nncn1[C@H]1CCc2sc(NC(=O)C3CC3)c(C(=O)NCC3CC3)c2C1.[HH]. The Morgan fingerprint density at radius 3 is 2.82 bits per heavy atom. The van der Waals surface area contributed by atoms with Crippen molar-refractivity contribution in [3.05, 3.63) is 28.4 Å². The maximum atomic E-state index is 13.3. The molecule has 14 heteroatoms. The predicted molar refractivity (Wildman–Crippen MR) is 137 cm³/mol. The number of ether oxygens (including phenoxy) is 1. The van der Waals surface area contributed by atoms with E-state index in [1.54, 1.807) is 13.4 Å². The summed E-state index contributed by atoms with van der Waals surface area (Å²) in [6.45, 7) is -2.33. The van der Waals surface area contributed by atoms with Gasteiger partial charge < -0.3 is 20.7 Å². The van der Waals surface area contributed by atoms with Crippen LogP contribution >= 0.6 is 11.3 Å². The van der Waals surface area contributed by atoms with Gasteiger partial charge in [0.05, 0.1) is 5.56 Å². The van der Waals surface area contributed by atoms with Crippen LogP contribution in [-0.2, 0) is 24.7 Å². The van der Waals surface area contributed by atoms with Gasteiger partial charge in [-0.05, 0) is 56.4 Å². The zero-order chi connectivity index (χ0) is 26.4. The van der Waals surface area contributed by atoms with Crippen molar-refractivity contribution >= 4 is 39.9 Å². The van der Waals surface area contributed by atoms with Gasteiger partial charge in [-0.25, -0.2) is 4.68 Å². The third kappa shape index (κ3) is 5.22. The third-order valence-corrected chi connectivity index (χ3v) is 8.38. The van der Waals surface area contributed by atoms with Gasteiger partial charge in [0.1, 0.15) is 17.1 Å². The number of amides is 2. The van der Waals surface area contributed by atoms with Crippen LogP contribution in [0.5, 0.6) is 5.88 Å². The molecular weight excluding hydrogens is 518 g/mol. The molecule has 2 saturated carbocycles. The van der Waals surface area contributed by atoms with Gasteiger partial charge in [0.25, 0.3) is 5.91 Å². The van der Waals surface area contributed by atoms with E-state index in [1.807, 2.05) is 4.57 Å². The number of carbonyl (C=O) groups is 2. The lowest BCUT2D eigenvalue weighted by atomic mass is 9.91. The molecule has 0 unspecified atom stereocenters. The van der Waals surface area contributed by atoms with Crippen molar-refractivity contribution in [2.75, 3.05) is 17.2 Å². The van der Waals surface area contributed by atoms with E-state index in [0.717, 1.165) is 49.0 Å². The Bertz CT molecular complexity index is 1370. The summed E-state index contributed by atoms with van der Waals surface area (Å²) in [5.74, 6) is 1.02. The second kappa shape index (κ2) is 9.97. The van der Waals surface area contributed by atoms with Gasteiger partial charge in [-0.3, -0.25) is 14.2 Å². The molecule has 0 aliphatic heterocycles. The van der Waals surface area contributed by atoms with Crippen molar-refractivity contribution in [2.24, 2.45) is 18.9 Å². The van der Waals surface area contributed by atoms with Gasteiger partial charge >= 0.3 is 6.61 Å². The number of hydrogen-bond acceptors (Lipinski definition) is 8. The molecule has 2 fully saturated rings. The number of alkyl halides is 2. The standard InChI is InChI=1S/C24H28F2N8O3S.H2/c1-33-17(9-18(32-33)37-23(25)26)29-24-31-28-11-34(24)14-6-7-16-15(8-14)19(21(36)27-10-12-2-3-12)22(38-16)30-20(35)13-4-5-13;/h9,11-14,23H,2-8,10H2,1H3,(H,27,36)(H,29,31)(H,30,35);1H/t14-;/m0./s1. The van der Waals surface area contributed by atoms with Crippen LogP contribution in [0, 0.1) is 11.8 Å². The van der Waals surface area contributed by atoms with Crippen LogP contribution in [0.2, 0.25) is 0 Å². The van der Waals surface area contributed by atoms with E-state index >= 15 is 0 Å². The molecule has 0 radical (unpaired) electrons. The van der Waals surface area contributed by atoms with Gasteiger partial charge in [-0.1, -0.05) is 0 Å². The molecule has 2 amide bonds. The van der Waals surface area contributed by atoms with Crippen LogP contribution < -0.4 is 20.7 Å². The summed E-state index contributed by atoms with van der Waals surface area (Å²) >= 11 is 1.49. The van der Waals surface area contributed by atoms with E-state index < -0.39 is 6.61 Å². The minimum absolute atomic E-state index is 0. The molecular formula is C24H30F2N8O3S. The number of hydrogen-bond donors (Lipinski definition) is 3. The molecule has 0 aromatic carbocycles. The van der Waals surface area contributed by atoms with Gasteiger partial charge in [0, 0.05) is 37.9 Å². The monoisotopic (exact) mass is 548 g/mol. The topological polar surface area (TPSA) is 128 Å². The molecule has 0 bridgehead atoms. The lowest BCUT2D eigenvalue weighted by Crippen LogP contribution is -2.28. The van der Waals surface area contributed by atoms with Crippen molar-refractivity contribution in [3.63, 3.8) is 0 Å². The zero-order valence-electron chi connectivity index (χ0n) is 20.7. The molecule has 3 aromatic rings. The Hall–Kier alpha value is -3.55. The third-order valence-electron chi connectivity index (χ3n) is 7.17. The van der Waals surface area contributed by atoms with Crippen LogP contribution in [0.25, 0.3) is 0 Å². The Morgan fingerprint density at radius 2 is 2.08 bits per heavy atom. The van der Waals surface area contributed by atoms with Crippen LogP contribution in [0.15, 0.2) is 12.4 Å². The molecule has 204 valence electrons. The number of fused-ring (bicyclic) bond motifs is 1. The van der Waals surface area contributed by atoms with Crippen molar-refractivity contribution in [3.8, 4) is 5.88 Å². The van der Waals surface area contributed by atoms with Crippen LogP contribution in [0.4, 0.5) is 25.5 Å². The predicted octanol–water partition coefficient (Wildman–Crippen LogP) is 3.88. The number of carbonyl (C=O) groups excluding carboxylic acids is 2. The van der Waals surface area contributed by atoms with Crippen molar-refractivity contribution in [1.29, 1.82) is 0 Å². The Labute approximate surface area is 222 Å². The van der Waals surface area contributed by atoms with E-state index in [-0.39, 0.29) is 31.1 Å². The highest BCUT2D eigenvalue weighted by Crippen LogP contribution is 2.43. The average Bonchev–Trinajstić information content (AvgIpc) is 3.79. The zero-order valence-corrected chi connectivity index (χ0v) is 21.6. The van der Waals surface area contributed by atoms with Gasteiger partial charge in [-0.15, -0.1) is 26.6 Å². The average molecular weight is 549 g/mol. The largest absolute Gasteiger partial charge is 0.415 e. The smallest absolute Gasteiger partial charge is 0.388 e. The number of thiophene rings is 1. The Balaban J connectivity index is 0.00000308. The normalized spacial score (nSPS) is 18.8. The molecule has 3 aliphatic rings. The molecule has 3 aliphatic carbocycles. The lowest BCUT2D eigenvalue weighted by molar-refractivity contribution is -0.117. The summed E-state index contributed by atoms with van der Waals surface area (Å²) in [5.41, 5.74) is 1.51. The first-order valence-corrected chi connectivity index (χ1v) is 13.6. The van der Waals surface area contributed by atoms with E-state index in [4.69, 9.17) is 0 Å². The first-order valence-electron chi connectivity index (χ1n) is 12.7. The van der Waals surface area contributed by atoms with Gasteiger partial charge in [-0.2, -0.15) is 8.78 Å². The van der Waals surface area contributed by atoms with E-state index in [0.29, 0.717) is 41.2 Å². The Morgan fingerprint density at radius 1 is 1.26 bits per heavy atom. The highest BCUT2D eigenvalue weighted by atomic mass is 32.1. The molecule has 3 N–H and O–H groups in total. The fraction of sp³-hybridized carbons (Fsp3) is 0.542.